The third-order valence-corrected chi connectivity index (χ3v) is 6.95. The Bertz CT molecular complexity index is 957. The summed E-state index contributed by atoms with van der Waals surface area (Å²) in [6, 6.07) is 15.2. The summed E-state index contributed by atoms with van der Waals surface area (Å²) in [6.45, 7) is 4.99. The van der Waals surface area contributed by atoms with Crippen LogP contribution in [0.2, 0.25) is 0 Å². The van der Waals surface area contributed by atoms with E-state index in [0.29, 0.717) is 17.2 Å². The number of aryl methyl sites for hydroxylation is 1. The summed E-state index contributed by atoms with van der Waals surface area (Å²) >= 11 is 0. The zero-order valence-corrected chi connectivity index (χ0v) is 18.0. The first kappa shape index (κ1) is 21.5. The van der Waals surface area contributed by atoms with Gasteiger partial charge in [-0.25, -0.2) is 13.1 Å². The van der Waals surface area contributed by atoms with E-state index in [1.54, 1.807) is 19.1 Å². The van der Waals surface area contributed by atoms with Gasteiger partial charge in [-0.2, -0.15) is 0 Å². The Labute approximate surface area is 173 Å². The molecule has 0 aromatic heterocycles. The lowest BCUT2D eigenvalue weighted by Gasteiger charge is -2.29. The van der Waals surface area contributed by atoms with Crippen LogP contribution in [-0.2, 0) is 14.8 Å². The van der Waals surface area contributed by atoms with E-state index in [0.717, 1.165) is 6.54 Å². The third kappa shape index (κ3) is 5.65. The number of hydrogen-bond acceptors (Lipinski definition) is 4. The van der Waals surface area contributed by atoms with Crippen molar-refractivity contribution < 1.29 is 13.2 Å². The predicted molar refractivity (Wildman–Crippen MR) is 115 cm³/mol. The van der Waals surface area contributed by atoms with Crippen LogP contribution in [0.5, 0.6) is 0 Å². The van der Waals surface area contributed by atoms with E-state index in [1.807, 2.05) is 18.2 Å². The molecule has 6 nitrogen and oxygen atoms in total. The van der Waals surface area contributed by atoms with Gasteiger partial charge in [0.15, 0.2) is 0 Å². The number of amides is 1. The molecule has 1 amide bonds. The van der Waals surface area contributed by atoms with Crippen LogP contribution < -0.4 is 10.0 Å². The molecule has 1 saturated carbocycles. The van der Waals surface area contributed by atoms with Gasteiger partial charge < -0.3 is 5.32 Å². The normalized spacial score (nSPS) is 15.3. The monoisotopic (exact) mass is 415 g/mol. The van der Waals surface area contributed by atoms with Crippen LogP contribution in [0.4, 0.5) is 5.69 Å². The maximum Gasteiger partial charge on any atom is 0.240 e. The molecule has 7 heteroatoms. The van der Waals surface area contributed by atoms with Gasteiger partial charge >= 0.3 is 0 Å². The quantitative estimate of drug-likeness (QED) is 0.659. The zero-order valence-electron chi connectivity index (χ0n) is 17.2. The molecule has 0 saturated heterocycles. The standard InChI is InChI=1S/C22H29N3O3S/c1-16-9-12-20(13-21(16)29(27,28)23-3)24-22(26)15-25(14-18-10-11-18)17(2)19-7-5-4-6-8-19/h4-9,12-13,17-18,23H,10-11,14-15H2,1-3H3,(H,24,26). The van der Waals surface area contributed by atoms with Gasteiger partial charge in [0.1, 0.15) is 0 Å². The van der Waals surface area contributed by atoms with Gasteiger partial charge in [-0.1, -0.05) is 36.4 Å². The Morgan fingerprint density at radius 1 is 1.17 bits per heavy atom. The summed E-state index contributed by atoms with van der Waals surface area (Å²) < 4.78 is 26.7. The molecule has 29 heavy (non-hydrogen) atoms. The minimum Gasteiger partial charge on any atom is -0.325 e. The van der Waals surface area contributed by atoms with E-state index in [1.165, 1.54) is 31.5 Å². The van der Waals surface area contributed by atoms with E-state index in [-0.39, 0.29) is 23.4 Å². The highest BCUT2D eigenvalue weighted by molar-refractivity contribution is 7.89. The Morgan fingerprint density at radius 3 is 2.48 bits per heavy atom. The second-order valence-electron chi connectivity index (χ2n) is 7.70. The summed E-state index contributed by atoms with van der Waals surface area (Å²) in [6.07, 6.45) is 2.42. The second kappa shape index (κ2) is 9.07. The molecule has 1 atom stereocenters. The largest absolute Gasteiger partial charge is 0.325 e. The number of carbonyl (C=O) groups excluding carboxylic acids is 1. The molecule has 2 aromatic rings. The number of anilines is 1. The summed E-state index contributed by atoms with van der Waals surface area (Å²) in [5.41, 5.74) is 2.29. The fraction of sp³-hybridized carbons (Fsp3) is 0.409. The van der Waals surface area contributed by atoms with E-state index >= 15 is 0 Å². The average molecular weight is 416 g/mol. The van der Waals surface area contributed by atoms with Crippen molar-refractivity contribution >= 4 is 21.6 Å². The van der Waals surface area contributed by atoms with E-state index < -0.39 is 10.0 Å². The number of rotatable bonds is 9. The minimum absolute atomic E-state index is 0.126. The summed E-state index contributed by atoms with van der Waals surface area (Å²) in [5.74, 6) is 0.505. The molecule has 1 unspecified atom stereocenters. The van der Waals surface area contributed by atoms with Crippen molar-refractivity contribution in [2.24, 2.45) is 5.92 Å². The molecular formula is C22H29N3O3S. The first-order valence-corrected chi connectivity index (χ1v) is 11.4. The molecule has 1 aliphatic carbocycles. The first-order chi connectivity index (χ1) is 13.8. The van der Waals surface area contributed by atoms with Crippen molar-refractivity contribution in [2.45, 2.75) is 37.6 Å². The highest BCUT2D eigenvalue weighted by Crippen LogP contribution is 2.32. The minimum atomic E-state index is -3.58. The van der Waals surface area contributed by atoms with E-state index in [4.69, 9.17) is 0 Å². The maximum atomic E-state index is 12.8. The molecule has 3 rings (SSSR count). The first-order valence-electron chi connectivity index (χ1n) is 9.93. The van der Waals surface area contributed by atoms with Crippen LogP contribution >= 0.6 is 0 Å². The molecular weight excluding hydrogens is 386 g/mol. The fourth-order valence-corrected chi connectivity index (χ4v) is 4.39. The number of hydrogen-bond donors (Lipinski definition) is 2. The third-order valence-electron chi connectivity index (χ3n) is 5.40. The van der Waals surface area contributed by atoms with Crippen molar-refractivity contribution in [3.05, 3.63) is 59.7 Å². The Hall–Kier alpha value is -2.22. The number of carbonyl (C=O) groups is 1. The van der Waals surface area contributed by atoms with Crippen LogP contribution in [0.1, 0.15) is 36.9 Å². The molecule has 0 spiro atoms. The van der Waals surface area contributed by atoms with Gasteiger partial charge in [-0.15, -0.1) is 0 Å². The van der Waals surface area contributed by atoms with Gasteiger partial charge in [0.05, 0.1) is 11.4 Å². The smallest absolute Gasteiger partial charge is 0.240 e. The SMILES string of the molecule is CNS(=O)(=O)c1cc(NC(=O)CN(CC2CC2)C(C)c2ccccc2)ccc1C. The van der Waals surface area contributed by atoms with Gasteiger partial charge in [-0.05, 0) is 62.9 Å². The molecule has 1 aliphatic rings. The van der Waals surface area contributed by atoms with Crippen LogP contribution in [0.3, 0.4) is 0 Å². The summed E-state index contributed by atoms with van der Waals surface area (Å²) in [4.78, 5) is 15.1. The molecule has 156 valence electrons. The van der Waals surface area contributed by atoms with Gasteiger partial charge in [0.25, 0.3) is 0 Å². The van der Waals surface area contributed by atoms with Crippen molar-refractivity contribution in [3.8, 4) is 0 Å². The van der Waals surface area contributed by atoms with Crippen LogP contribution in [0.15, 0.2) is 53.4 Å². The highest BCUT2D eigenvalue weighted by atomic mass is 32.2. The Kier molecular flexibility index (Phi) is 6.72. The Balaban J connectivity index is 1.73. The molecule has 0 aliphatic heterocycles. The van der Waals surface area contributed by atoms with Crippen LogP contribution in [0.25, 0.3) is 0 Å². The molecule has 1 fully saturated rings. The number of nitrogens with zero attached hydrogens (tertiary/aromatic N) is 1. The molecule has 0 radical (unpaired) electrons. The summed E-state index contributed by atoms with van der Waals surface area (Å²) in [5, 5.41) is 2.86. The van der Waals surface area contributed by atoms with E-state index in [9.17, 15) is 13.2 Å². The molecule has 2 N–H and O–H groups in total. The fourth-order valence-electron chi connectivity index (χ4n) is 3.40. The van der Waals surface area contributed by atoms with Crippen molar-refractivity contribution in [1.29, 1.82) is 0 Å². The molecule has 0 bridgehead atoms. The number of nitrogens with one attached hydrogen (secondary N) is 2. The number of sulfonamides is 1. The number of benzene rings is 2. The van der Waals surface area contributed by atoms with Crippen LogP contribution in [0, 0.1) is 12.8 Å². The predicted octanol–water partition coefficient (Wildman–Crippen LogP) is 3.31. The summed E-state index contributed by atoms with van der Waals surface area (Å²) in [7, 11) is -2.20. The van der Waals surface area contributed by atoms with Crippen molar-refractivity contribution in [3.63, 3.8) is 0 Å². The lowest BCUT2D eigenvalue weighted by molar-refractivity contribution is -0.117. The zero-order chi connectivity index (χ0) is 21.0. The van der Waals surface area contributed by atoms with Crippen molar-refractivity contribution in [2.75, 3.05) is 25.5 Å². The average Bonchev–Trinajstić information content (AvgIpc) is 3.53. The second-order valence-corrected chi connectivity index (χ2v) is 9.55. The maximum absolute atomic E-state index is 12.8. The molecule has 0 heterocycles. The highest BCUT2D eigenvalue weighted by Gasteiger charge is 2.28. The lowest BCUT2D eigenvalue weighted by Crippen LogP contribution is -2.36. The Morgan fingerprint density at radius 2 is 1.86 bits per heavy atom. The van der Waals surface area contributed by atoms with Gasteiger partial charge in [-0.3, -0.25) is 9.69 Å². The van der Waals surface area contributed by atoms with E-state index in [2.05, 4.69) is 34.0 Å². The van der Waals surface area contributed by atoms with Crippen LogP contribution in [-0.4, -0.2) is 39.4 Å². The van der Waals surface area contributed by atoms with Crippen molar-refractivity contribution in [1.82, 2.24) is 9.62 Å². The van der Waals surface area contributed by atoms with Gasteiger partial charge in [0.2, 0.25) is 15.9 Å². The lowest BCUT2D eigenvalue weighted by atomic mass is 10.1. The topological polar surface area (TPSA) is 78.5 Å². The molecule has 2 aromatic carbocycles. The van der Waals surface area contributed by atoms with Gasteiger partial charge in [0, 0.05) is 18.3 Å².